The lowest BCUT2D eigenvalue weighted by atomic mass is 10.1. The Morgan fingerprint density at radius 1 is 0.308 bits per heavy atom. The monoisotopic (exact) mass is 370 g/mol. The molecule has 158 valence electrons. The summed E-state index contributed by atoms with van der Waals surface area (Å²) < 4.78 is 0. The molecule has 0 aliphatic rings. The van der Waals surface area contributed by atoms with Crippen LogP contribution in [0.15, 0.2) is 0 Å². The van der Waals surface area contributed by atoms with Crippen molar-refractivity contribution < 1.29 is 9.78 Å². The fraction of sp³-hybridized carbons (Fsp3) is 1.00. The highest BCUT2D eigenvalue weighted by molar-refractivity contribution is 4.48. The van der Waals surface area contributed by atoms with Crippen molar-refractivity contribution in [3.8, 4) is 0 Å². The minimum atomic E-state index is 0.772. The molecular weight excluding hydrogens is 320 g/mol. The molecule has 0 aliphatic carbocycles. The van der Waals surface area contributed by atoms with Crippen molar-refractivity contribution in [3.63, 3.8) is 0 Å². The van der Waals surface area contributed by atoms with Crippen LogP contribution in [0.25, 0.3) is 0 Å². The molecule has 0 aromatic heterocycles. The van der Waals surface area contributed by atoms with Gasteiger partial charge in [0, 0.05) is 0 Å². The van der Waals surface area contributed by atoms with Gasteiger partial charge in [0.1, 0.15) is 0 Å². The van der Waals surface area contributed by atoms with Crippen molar-refractivity contribution in [2.24, 2.45) is 0 Å². The number of unbranched alkanes of at least 4 members (excludes halogenated alkanes) is 18. The molecular formula is C24H50O2. The van der Waals surface area contributed by atoms with Gasteiger partial charge in [0.15, 0.2) is 0 Å². The van der Waals surface area contributed by atoms with Crippen LogP contribution in [-0.4, -0.2) is 13.2 Å². The molecule has 0 aromatic carbocycles. The summed E-state index contributed by atoms with van der Waals surface area (Å²) in [7, 11) is 0. The van der Waals surface area contributed by atoms with Gasteiger partial charge in [-0.3, -0.25) is 0 Å². The van der Waals surface area contributed by atoms with Gasteiger partial charge >= 0.3 is 0 Å². The SMILES string of the molecule is CCCCCCCCCCCCOOCCCCCCCCCCCC. The Bertz CT molecular complexity index is 206. The number of hydrogen-bond donors (Lipinski definition) is 0. The Morgan fingerprint density at radius 2 is 0.538 bits per heavy atom. The maximum atomic E-state index is 5.29. The second kappa shape index (κ2) is 24.9. The lowest BCUT2D eigenvalue weighted by Crippen LogP contribution is -1.99. The second-order valence-corrected chi connectivity index (χ2v) is 8.01. The summed E-state index contributed by atoms with van der Waals surface area (Å²) in [5.41, 5.74) is 0. The maximum absolute atomic E-state index is 5.29. The molecule has 0 atom stereocenters. The molecule has 0 N–H and O–H groups in total. The van der Waals surface area contributed by atoms with Crippen LogP contribution in [0.4, 0.5) is 0 Å². The maximum Gasteiger partial charge on any atom is 0.0822 e. The summed E-state index contributed by atoms with van der Waals surface area (Å²) in [5.74, 6) is 0. The lowest BCUT2D eigenvalue weighted by molar-refractivity contribution is -0.295. The van der Waals surface area contributed by atoms with E-state index in [9.17, 15) is 0 Å². The van der Waals surface area contributed by atoms with Gasteiger partial charge in [0.2, 0.25) is 0 Å². The predicted molar refractivity (Wildman–Crippen MR) is 116 cm³/mol. The van der Waals surface area contributed by atoms with Crippen LogP contribution in [0.3, 0.4) is 0 Å². The van der Waals surface area contributed by atoms with E-state index in [-0.39, 0.29) is 0 Å². The molecule has 0 amide bonds. The first kappa shape index (κ1) is 25.9. The van der Waals surface area contributed by atoms with Crippen LogP contribution in [0.1, 0.15) is 142 Å². The molecule has 0 aromatic rings. The molecule has 0 aliphatic heterocycles. The molecule has 0 heterocycles. The van der Waals surface area contributed by atoms with Gasteiger partial charge in [0.25, 0.3) is 0 Å². The van der Waals surface area contributed by atoms with Crippen LogP contribution >= 0.6 is 0 Å². The molecule has 2 nitrogen and oxygen atoms in total. The number of rotatable bonds is 23. The highest BCUT2D eigenvalue weighted by atomic mass is 17.2. The fourth-order valence-electron chi connectivity index (χ4n) is 3.41. The van der Waals surface area contributed by atoms with Crippen molar-refractivity contribution in [3.05, 3.63) is 0 Å². The minimum Gasteiger partial charge on any atom is -0.237 e. The first-order valence-electron chi connectivity index (χ1n) is 12.2. The zero-order valence-electron chi connectivity index (χ0n) is 18.4. The molecule has 26 heavy (non-hydrogen) atoms. The van der Waals surface area contributed by atoms with E-state index in [1.54, 1.807) is 0 Å². The summed E-state index contributed by atoms with van der Waals surface area (Å²) >= 11 is 0. The van der Waals surface area contributed by atoms with Gasteiger partial charge in [-0.1, -0.05) is 129 Å². The Kier molecular flexibility index (Phi) is 24.8. The third kappa shape index (κ3) is 23.9. The first-order chi connectivity index (χ1) is 12.9. The molecule has 0 saturated heterocycles. The summed E-state index contributed by atoms with van der Waals surface area (Å²) in [6.07, 6.45) is 27.3. The Morgan fingerprint density at radius 3 is 0.808 bits per heavy atom. The molecule has 0 spiro atoms. The molecule has 0 saturated carbocycles. The van der Waals surface area contributed by atoms with E-state index in [0.717, 1.165) is 26.1 Å². The molecule has 0 unspecified atom stereocenters. The van der Waals surface area contributed by atoms with Gasteiger partial charge in [-0.25, -0.2) is 9.78 Å². The molecule has 0 bridgehead atoms. The van der Waals surface area contributed by atoms with Gasteiger partial charge < -0.3 is 0 Å². The van der Waals surface area contributed by atoms with Crippen molar-refractivity contribution in [1.29, 1.82) is 0 Å². The topological polar surface area (TPSA) is 18.5 Å². The zero-order valence-corrected chi connectivity index (χ0v) is 18.4. The summed E-state index contributed by atoms with van der Waals surface area (Å²) in [5, 5.41) is 0. The van der Waals surface area contributed by atoms with Gasteiger partial charge in [-0.05, 0) is 12.8 Å². The highest BCUT2D eigenvalue weighted by Gasteiger charge is 1.95. The van der Waals surface area contributed by atoms with Gasteiger partial charge in [-0.15, -0.1) is 0 Å². The summed E-state index contributed by atoms with van der Waals surface area (Å²) in [4.78, 5) is 10.6. The molecule has 0 radical (unpaired) electrons. The van der Waals surface area contributed by atoms with Crippen LogP contribution in [0.5, 0.6) is 0 Å². The smallest absolute Gasteiger partial charge is 0.0822 e. The normalized spacial score (nSPS) is 11.3. The first-order valence-corrected chi connectivity index (χ1v) is 12.2. The van der Waals surface area contributed by atoms with Crippen LogP contribution < -0.4 is 0 Å². The Labute approximate surface area is 165 Å². The predicted octanol–water partition coefficient (Wildman–Crippen LogP) is 8.78. The summed E-state index contributed by atoms with van der Waals surface area (Å²) in [6, 6.07) is 0. The van der Waals surface area contributed by atoms with Crippen molar-refractivity contribution in [2.75, 3.05) is 13.2 Å². The zero-order chi connectivity index (χ0) is 19.0. The average Bonchev–Trinajstić information content (AvgIpc) is 2.66. The van der Waals surface area contributed by atoms with E-state index in [4.69, 9.17) is 9.78 Å². The Balaban J connectivity index is 2.95. The van der Waals surface area contributed by atoms with E-state index < -0.39 is 0 Å². The molecule has 2 heteroatoms. The van der Waals surface area contributed by atoms with E-state index in [1.807, 2.05) is 0 Å². The third-order valence-electron chi connectivity index (χ3n) is 5.25. The van der Waals surface area contributed by atoms with Crippen molar-refractivity contribution in [2.45, 2.75) is 142 Å². The van der Waals surface area contributed by atoms with Gasteiger partial charge in [-0.2, -0.15) is 0 Å². The second-order valence-electron chi connectivity index (χ2n) is 8.01. The van der Waals surface area contributed by atoms with Crippen LogP contribution in [0, 0.1) is 0 Å². The fourth-order valence-corrected chi connectivity index (χ4v) is 3.41. The van der Waals surface area contributed by atoms with E-state index in [1.165, 1.54) is 116 Å². The summed E-state index contributed by atoms with van der Waals surface area (Å²) in [6.45, 7) is 6.11. The Hall–Kier alpha value is -0.0800. The number of hydrogen-bond acceptors (Lipinski definition) is 2. The minimum absolute atomic E-state index is 0.772. The molecule has 0 rings (SSSR count). The average molecular weight is 371 g/mol. The highest BCUT2D eigenvalue weighted by Crippen LogP contribution is 2.11. The van der Waals surface area contributed by atoms with Crippen LogP contribution in [-0.2, 0) is 9.78 Å². The van der Waals surface area contributed by atoms with Crippen LogP contribution in [0.2, 0.25) is 0 Å². The lowest BCUT2D eigenvalue weighted by Gasteiger charge is -2.05. The van der Waals surface area contributed by atoms with Gasteiger partial charge in [0.05, 0.1) is 13.2 Å². The van der Waals surface area contributed by atoms with E-state index in [0.29, 0.717) is 0 Å². The van der Waals surface area contributed by atoms with Crippen molar-refractivity contribution >= 4 is 0 Å². The van der Waals surface area contributed by atoms with E-state index >= 15 is 0 Å². The standard InChI is InChI=1S/C24H50O2/c1-3-5-7-9-11-13-15-17-19-21-23-25-26-24-22-20-18-16-14-12-10-8-6-4-2/h3-24H2,1-2H3. The third-order valence-corrected chi connectivity index (χ3v) is 5.25. The molecule has 0 fully saturated rings. The van der Waals surface area contributed by atoms with Crippen molar-refractivity contribution in [1.82, 2.24) is 0 Å². The quantitative estimate of drug-likeness (QED) is 0.102. The van der Waals surface area contributed by atoms with E-state index in [2.05, 4.69) is 13.8 Å². The largest absolute Gasteiger partial charge is 0.237 e.